The van der Waals surface area contributed by atoms with E-state index in [1.54, 1.807) is 20.1 Å². The number of anilines is 1. The number of nitrogens with one attached hydrogen (secondary N) is 4. The molecule has 2 unspecified atom stereocenters. The Morgan fingerprint density at radius 2 is 2.19 bits per heavy atom. The highest BCUT2D eigenvalue weighted by Crippen LogP contribution is 2.18. The molecule has 0 saturated carbocycles. The number of amides is 3. The van der Waals surface area contributed by atoms with E-state index >= 15 is 0 Å². The molecule has 0 aromatic carbocycles. The van der Waals surface area contributed by atoms with E-state index in [0.29, 0.717) is 37.5 Å². The molecule has 1 aliphatic heterocycles. The van der Waals surface area contributed by atoms with Gasteiger partial charge in [0.05, 0.1) is 5.69 Å². The second kappa shape index (κ2) is 10.0. The molecule has 1 fully saturated rings. The second-order valence-corrected chi connectivity index (χ2v) is 6.50. The molecule has 150 valence electrons. The summed E-state index contributed by atoms with van der Waals surface area (Å²) in [5.41, 5.74) is 0.652. The molecular formula is C17H28N6O4. The molecule has 1 aromatic heterocycles. The fourth-order valence-electron chi connectivity index (χ4n) is 2.90. The first-order valence-corrected chi connectivity index (χ1v) is 9.14. The normalized spacial score (nSPS) is 19.4. The van der Waals surface area contributed by atoms with Crippen molar-refractivity contribution in [1.29, 1.82) is 0 Å². The highest BCUT2D eigenvalue weighted by molar-refractivity contribution is 6.39. The minimum absolute atomic E-state index is 0.0332. The van der Waals surface area contributed by atoms with Crippen LogP contribution in [0.2, 0.25) is 0 Å². The average Bonchev–Trinajstić information content (AvgIpc) is 2.98. The number of nitrogens with zero attached hydrogens (tertiary/aromatic N) is 2. The Morgan fingerprint density at radius 1 is 1.41 bits per heavy atom. The molecule has 2 rings (SSSR count). The minimum atomic E-state index is -0.791. The standard InChI is InChI=1S/C17H28N6O4/c1-4-6-12-10-14(24)21-17(19-12)23-13(9-11(2)22-23)20-16(26)15(25)18-7-5-8-27-3/h9,12,17,19H,4-8,10H2,1-3H3,(H,18,25)(H,20,26)(H,21,24). The van der Waals surface area contributed by atoms with Gasteiger partial charge in [0, 0.05) is 38.8 Å². The molecule has 1 saturated heterocycles. The zero-order valence-corrected chi connectivity index (χ0v) is 16.0. The van der Waals surface area contributed by atoms with Gasteiger partial charge >= 0.3 is 11.8 Å². The van der Waals surface area contributed by atoms with Gasteiger partial charge in [0.2, 0.25) is 5.91 Å². The molecule has 1 aromatic rings. The molecular weight excluding hydrogens is 352 g/mol. The Labute approximate surface area is 158 Å². The highest BCUT2D eigenvalue weighted by atomic mass is 16.5. The lowest BCUT2D eigenvalue weighted by atomic mass is 10.1. The predicted octanol–water partition coefficient (Wildman–Crippen LogP) is 0.0170. The summed E-state index contributed by atoms with van der Waals surface area (Å²) < 4.78 is 6.37. The van der Waals surface area contributed by atoms with Gasteiger partial charge in [-0.1, -0.05) is 13.3 Å². The highest BCUT2D eigenvalue weighted by Gasteiger charge is 2.29. The summed E-state index contributed by atoms with van der Waals surface area (Å²) in [4.78, 5) is 36.1. The Bertz CT molecular complexity index is 674. The van der Waals surface area contributed by atoms with Crippen LogP contribution in [0, 0.1) is 6.92 Å². The van der Waals surface area contributed by atoms with Crippen LogP contribution in [-0.4, -0.2) is 53.8 Å². The van der Waals surface area contributed by atoms with Gasteiger partial charge < -0.3 is 20.7 Å². The average molecular weight is 380 g/mol. The van der Waals surface area contributed by atoms with E-state index in [1.807, 2.05) is 0 Å². The summed E-state index contributed by atoms with van der Waals surface area (Å²) in [6.07, 6.45) is 2.23. The van der Waals surface area contributed by atoms with Crippen molar-refractivity contribution in [3.63, 3.8) is 0 Å². The van der Waals surface area contributed by atoms with Crippen LogP contribution in [0.15, 0.2) is 6.07 Å². The largest absolute Gasteiger partial charge is 0.385 e. The smallest absolute Gasteiger partial charge is 0.314 e. The van der Waals surface area contributed by atoms with Crippen molar-refractivity contribution >= 4 is 23.5 Å². The number of rotatable bonds is 8. The summed E-state index contributed by atoms with van der Waals surface area (Å²) >= 11 is 0. The first-order chi connectivity index (χ1) is 12.9. The van der Waals surface area contributed by atoms with Gasteiger partial charge in [0.15, 0.2) is 6.29 Å². The molecule has 0 aliphatic carbocycles. The van der Waals surface area contributed by atoms with Gasteiger partial charge in [-0.3, -0.25) is 19.7 Å². The number of aromatic nitrogens is 2. The SMILES string of the molecule is CCCC1CC(=O)NC(n2nc(C)cc2NC(=O)C(=O)NCCCOC)N1. The maximum atomic E-state index is 12.1. The Morgan fingerprint density at radius 3 is 2.89 bits per heavy atom. The van der Waals surface area contributed by atoms with E-state index in [2.05, 4.69) is 33.3 Å². The van der Waals surface area contributed by atoms with Gasteiger partial charge in [0.1, 0.15) is 5.82 Å². The van der Waals surface area contributed by atoms with Crippen LogP contribution < -0.4 is 21.3 Å². The number of methoxy groups -OCH3 is 1. The monoisotopic (exact) mass is 380 g/mol. The number of aryl methyl sites for hydroxylation is 1. The van der Waals surface area contributed by atoms with Gasteiger partial charge in [-0.05, 0) is 19.8 Å². The summed E-state index contributed by atoms with van der Waals surface area (Å²) in [5.74, 6) is -1.28. The van der Waals surface area contributed by atoms with E-state index in [-0.39, 0.29) is 11.9 Å². The lowest BCUT2D eigenvalue weighted by molar-refractivity contribution is -0.136. The molecule has 0 radical (unpaired) electrons. The van der Waals surface area contributed by atoms with Crippen LogP contribution in [0.5, 0.6) is 0 Å². The van der Waals surface area contributed by atoms with E-state index < -0.39 is 18.1 Å². The fourth-order valence-corrected chi connectivity index (χ4v) is 2.90. The maximum Gasteiger partial charge on any atom is 0.314 e. The summed E-state index contributed by atoms with van der Waals surface area (Å²) in [6.45, 7) is 4.67. The van der Waals surface area contributed by atoms with Gasteiger partial charge in [-0.25, -0.2) is 4.68 Å². The Kier molecular flexibility index (Phi) is 7.74. The van der Waals surface area contributed by atoms with Crippen LogP contribution in [0.25, 0.3) is 0 Å². The molecule has 27 heavy (non-hydrogen) atoms. The molecule has 0 spiro atoms. The first-order valence-electron chi connectivity index (χ1n) is 9.14. The lowest BCUT2D eigenvalue weighted by Gasteiger charge is -2.32. The van der Waals surface area contributed by atoms with Crippen LogP contribution >= 0.6 is 0 Å². The predicted molar refractivity (Wildman–Crippen MR) is 98.7 cm³/mol. The van der Waals surface area contributed by atoms with Gasteiger partial charge in [-0.2, -0.15) is 5.10 Å². The Balaban J connectivity index is 2.03. The van der Waals surface area contributed by atoms with E-state index in [4.69, 9.17) is 4.74 Å². The van der Waals surface area contributed by atoms with Gasteiger partial charge in [-0.15, -0.1) is 0 Å². The van der Waals surface area contributed by atoms with Crippen LogP contribution in [0.3, 0.4) is 0 Å². The topological polar surface area (TPSA) is 126 Å². The van der Waals surface area contributed by atoms with Crippen molar-refractivity contribution in [3.8, 4) is 0 Å². The van der Waals surface area contributed by atoms with E-state index in [9.17, 15) is 14.4 Å². The molecule has 2 atom stereocenters. The van der Waals surface area contributed by atoms with E-state index in [1.165, 1.54) is 4.68 Å². The Hall–Kier alpha value is -2.46. The minimum Gasteiger partial charge on any atom is -0.385 e. The molecule has 4 N–H and O–H groups in total. The molecule has 10 heteroatoms. The number of ether oxygens (including phenoxy) is 1. The van der Waals surface area contributed by atoms with E-state index in [0.717, 1.165) is 12.8 Å². The van der Waals surface area contributed by atoms with Crippen molar-refractivity contribution in [2.75, 3.05) is 25.6 Å². The number of hydrogen-bond acceptors (Lipinski definition) is 6. The number of carbonyl (C=O) groups excluding carboxylic acids is 3. The zero-order valence-electron chi connectivity index (χ0n) is 16.0. The third-order valence-corrected chi connectivity index (χ3v) is 4.12. The first kappa shape index (κ1) is 20.8. The molecule has 10 nitrogen and oxygen atoms in total. The second-order valence-electron chi connectivity index (χ2n) is 6.50. The van der Waals surface area contributed by atoms with Crippen molar-refractivity contribution in [2.24, 2.45) is 0 Å². The van der Waals surface area contributed by atoms with Crippen LogP contribution in [0.4, 0.5) is 5.82 Å². The molecule has 0 bridgehead atoms. The van der Waals surface area contributed by atoms with Crippen molar-refractivity contribution in [2.45, 2.75) is 51.9 Å². The molecule has 2 heterocycles. The van der Waals surface area contributed by atoms with Crippen molar-refractivity contribution < 1.29 is 19.1 Å². The fraction of sp³-hybridized carbons (Fsp3) is 0.647. The summed E-state index contributed by atoms with van der Waals surface area (Å²) in [5, 5.41) is 15.5. The number of carbonyl (C=O) groups is 3. The summed E-state index contributed by atoms with van der Waals surface area (Å²) in [6, 6.07) is 1.68. The third kappa shape index (κ3) is 6.04. The van der Waals surface area contributed by atoms with Crippen molar-refractivity contribution in [1.82, 2.24) is 25.7 Å². The van der Waals surface area contributed by atoms with Gasteiger partial charge in [0.25, 0.3) is 0 Å². The lowest BCUT2D eigenvalue weighted by Crippen LogP contribution is -2.53. The summed E-state index contributed by atoms with van der Waals surface area (Å²) in [7, 11) is 1.57. The van der Waals surface area contributed by atoms with Crippen LogP contribution in [0.1, 0.15) is 44.6 Å². The van der Waals surface area contributed by atoms with Crippen LogP contribution in [-0.2, 0) is 19.1 Å². The molecule has 3 amide bonds. The third-order valence-electron chi connectivity index (χ3n) is 4.12. The van der Waals surface area contributed by atoms with Crippen molar-refractivity contribution in [3.05, 3.63) is 11.8 Å². The zero-order chi connectivity index (χ0) is 19.8. The number of hydrogen-bond donors (Lipinski definition) is 4. The maximum absolute atomic E-state index is 12.1. The quantitative estimate of drug-likeness (QED) is 0.372. The molecule has 1 aliphatic rings.